The van der Waals surface area contributed by atoms with Gasteiger partial charge in [0.2, 0.25) is 0 Å². The van der Waals surface area contributed by atoms with Crippen molar-refractivity contribution in [2.24, 2.45) is 0 Å². The van der Waals surface area contributed by atoms with Gasteiger partial charge in [0.1, 0.15) is 11.4 Å². The average molecular weight is 412 g/mol. The molecule has 7 heteroatoms. The molecule has 5 rings (SSSR count). The Bertz CT molecular complexity index is 1290. The van der Waals surface area contributed by atoms with Crippen LogP contribution >= 0.6 is 0 Å². The first-order valence-electron chi connectivity index (χ1n) is 10.2. The van der Waals surface area contributed by atoms with E-state index < -0.39 is 0 Å². The zero-order valence-electron chi connectivity index (χ0n) is 17.5. The lowest BCUT2D eigenvalue weighted by atomic mass is 9.97. The summed E-state index contributed by atoms with van der Waals surface area (Å²) in [5.74, 6) is 1.06. The molecule has 2 aromatic carbocycles. The lowest BCUT2D eigenvalue weighted by Gasteiger charge is -2.09. The van der Waals surface area contributed by atoms with E-state index in [1.165, 1.54) is 12.5 Å². The number of nitrogens with zero attached hydrogens (tertiary/aromatic N) is 3. The van der Waals surface area contributed by atoms with Crippen molar-refractivity contribution in [3.8, 4) is 34.5 Å². The first-order valence-corrected chi connectivity index (χ1v) is 10.2. The minimum absolute atomic E-state index is 0.298. The molecule has 2 aromatic heterocycles. The van der Waals surface area contributed by atoms with Gasteiger partial charge in [-0.15, -0.1) is 0 Å². The van der Waals surface area contributed by atoms with Crippen molar-refractivity contribution in [3.63, 3.8) is 0 Å². The maximum absolute atomic E-state index is 9.76. The van der Waals surface area contributed by atoms with Crippen LogP contribution in [-0.4, -0.2) is 38.4 Å². The maximum atomic E-state index is 9.76. The molecule has 31 heavy (non-hydrogen) atoms. The summed E-state index contributed by atoms with van der Waals surface area (Å²) in [6.07, 6.45) is 4.90. The summed E-state index contributed by atoms with van der Waals surface area (Å²) >= 11 is 0. The molecule has 4 aromatic rings. The van der Waals surface area contributed by atoms with Gasteiger partial charge in [-0.1, -0.05) is 25.1 Å². The second-order valence-electron chi connectivity index (χ2n) is 7.26. The largest absolute Gasteiger partial charge is 0.508 e. The van der Waals surface area contributed by atoms with Gasteiger partial charge in [0, 0.05) is 25.4 Å². The normalized spacial score (nSPS) is 12.9. The highest BCUT2D eigenvalue weighted by Crippen LogP contribution is 2.32. The monoisotopic (exact) mass is 412 g/mol. The molecule has 0 atom stereocenters. The quantitative estimate of drug-likeness (QED) is 0.397. The van der Waals surface area contributed by atoms with E-state index >= 15 is 0 Å². The molecule has 1 aliphatic heterocycles. The second-order valence-corrected chi connectivity index (χ2v) is 7.26. The van der Waals surface area contributed by atoms with Crippen LogP contribution in [0, 0.1) is 11.3 Å². The van der Waals surface area contributed by atoms with E-state index in [1.807, 2.05) is 18.3 Å². The molecule has 1 aliphatic rings. The third-order valence-corrected chi connectivity index (χ3v) is 5.30. The lowest BCUT2D eigenvalue weighted by molar-refractivity contribution is 0.474. The Labute approximate surface area is 180 Å². The van der Waals surface area contributed by atoms with E-state index in [2.05, 4.69) is 56.7 Å². The van der Waals surface area contributed by atoms with Gasteiger partial charge in [-0.25, -0.2) is 4.98 Å². The van der Waals surface area contributed by atoms with Crippen LogP contribution in [-0.2, 0) is 6.42 Å². The summed E-state index contributed by atoms with van der Waals surface area (Å²) in [5.41, 5.74) is 7.39. The van der Waals surface area contributed by atoms with Crippen molar-refractivity contribution in [3.05, 3.63) is 59.9 Å². The minimum Gasteiger partial charge on any atom is -0.508 e. The van der Waals surface area contributed by atoms with Gasteiger partial charge in [0.05, 0.1) is 23.5 Å². The number of aryl methyl sites for hydroxylation is 1. The van der Waals surface area contributed by atoms with Crippen LogP contribution < -0.4 is 5.32 Å². The van der Waals surface area contributed by atoms with Crippen molar-refractivity contribution in [1.29, 1.82) is 5.26 Å². The van der Waals surface area contributed by atoms with E-state index in [4.69, 9.17) is 5.26 Å². The van der Waals surface area contributed by atoms with Crippen LogP contribution in [0.2, 0.25) is 0 Å². The number of nitriles is 1. The molecule has 0 spiro atoms. The number of fused-ring (bicyclic) bond motifs is 1. The summed E-state index contributed by atoms with van der Waals surface area (Å²) in [7, 11) is 0. The molecule has 0 radical (unpaired) electrons. The fraction of sp³-hybridized carbons (Fsp3) is 0.208. The molecule has 3 heterocycles. The second kappa shape index (κ2) is 8.86. The number of benzene rings is 2. The third kappa shape index (κ3) is 4.06. The molecule has 0 unspecified atom stereocenters. The summed E-state index contributed by atoms with van der Waals surface area (Å²) in [4.78, 5) is 7.93. The minimum atomic E-state index is 0.298. The number of phenols is 1. The number of aromatic amines is 2. The first-order chi connectivity index (χ1) is 15.1. The Balaban J connectivity index is 0.000000730. The third-order valence-electron chi connectivity index (χ3n) is 5.30. The highest BCUT2D eigenvalue weighted by molar-refractivity contribution is 5.94. The number of imidazole rings is 1. The van der Waals surface area contributed by atoms with E-state index in [0.29, 0.717) is 5.75 Å². The SMILES string of the molecule is CC#N.CCc1cc(O)ccc1-c1ccc2c(-c3ncc(C4=CCNC4)[nH]3)n[nH]c2c1. The van der Waals surface area contributed by atoms with Crippen LogP contribution in [0.15, 0.2) is 48.7 Å². The zero-order valence-corrected chi connectivity index (χ0v) is 17.5. The predicted octanol–water partition coefficient (Wildman–Crippen LogP) is 4.40. The van der Waals surface area contributed by atoms with Gasteiger partial charge in [-0.05, 0) is 52.9 Å². The van der Waals surface area contributed by atoms with Gasteiger partial charge in [0.15, 0.2) is 5.82 Å². The molecule has 4 N–H and O–H groups in total. The standard InChI is InChI=1S/C22H21N5O.C2H3N/c1-2-13-9-16(28)4-6-17(13)14-3-5-18-19(10-14)26-27-21(18)22-24-12-20(25-22)15-7-8-23-11-15;1-2-3/h3-7,9-10,12,23,28H,2,8,11H2,1H3,(H,24,25)(H,26,27);1H3. The molecule has 7 nitrogen and oxygen atoms in total. The number of rotatable bonds is 4. The number of phenolic OH excluding ortho intramolecular Hbond substituents is 1. The predicted molar refractivity (Wildman–Crippen MR) is 122 cm³/mol. The van der Waals surface area contributed by atoms with Crippen LogP contribution in [0.5, 0.6) is 5.75 Å². The molecule has 0 saturated heterocycles. The average Bonchev–Trinajstić information content (AvgIpc) is 3.53. The van der Waals surface area contributed by atoms with Gasteiger partial charge in [-0.3, -0.25) is 5.10 Å². The van der Waals surface area contributed by atoms with Gasteiger partial charge in [0.25, 0.3) is 0 Å². The van der Waals surface area contributed by atoms with Gasteiger partial charge in [-0.2, -0.15) is 10.4 Å². The number of hydrogen-bond acceptors (Lipinski definition) is 5. The molecule has 156 valence electrons. The Morgan fingerprint density at radius 3 is 2.77 bits per heavy atom. The van der Waals surface area contributed by atoms with E-state index in [9.17, 15) is 5.11 Å². The summed E-state index contributed by atoms with van der Waals surface area (Å²) < 4.78 is 0. The summed E-state index contributed by atoms with van der Waals surface area (Å²) in [6.45, 7) is 5.28. The van der Waals surface area contributed by atoms with Gasteiger partial charge >= 0.3 is 0 Å². The van der Waals surface area contributed by atoms with Crippen LogP contribution in [0.4, 0.5) is 0 Å². The molecular weight excluding hydrogens is 388 g/mol. The Morgan fingerprint density at radius 2 is 2.03 bits per heavy atom. The molecule has 0 saturated carbocycles. The van der Waals surface area contributed by atoms with E-state index in [0.717, 1.165) is 64.3 Å². The number of aromatic nitrogens is 4. The van der Waals surface area contributed by atoms with Gasteiger partial charge < -0.3 is 15.4 Å². The smallest absolute Gasteiger partial charge is 0.159 e. The Hall–Kier alpha value is -3.89. The van der Waals surface area contributed by atoms with Crippen LogP contribution in [0.1, 0.15) is 25.1 Å². The number of aromatic hydroxyl groups is 1. The number of hydrogen-bond donors (Lipinski definition) is 4. The molecule has 0 aliphatic carbocycles. The highest BCUT2D eigenvalue weighted by Gasteiger charge is 2.15. The molecule has 0 amide bonds. The van der Waals surface area contributed by atoms with Crippen LogP contribution in [0.25, 0.3) is 39.1 Å². The van der Waals surface area contributed by atoms with Crippen molar-refractivity contribution < 1.29 is 5.11 Å². The molecular formula is C24H24N6O. The first kappa shape index (κ1) is 20.4. The van der Waals surface area contributed by atoms with Crippen molar-refractivity contribution in [2.75, 3.05) is 13.1 Å². The highest BCUT2D eigenvalue weighted by atomic mass is 16.3. The molecule has 0 fully saturated rings. The Kier molecular flexibility index (Phi) is 5.83. The topological polar surface area (TPSA) is 113 Å². The van der Waals surface area contributed by atoms with E-state index in [1.54, 1.807) is 12.1 Å². The van der Waals surface area contributed by atoms with Crippen molar-refractivity contribution >= 4 is 16.5 Å². The Morgan fingerprint density at radius 1 is 1.19 bits per heavy atom. The van der Waals surface area contributed by atoms with Crippen LogP contribution in [0.3, 0.4) is 0 Å². The van der Waals surface area contributed by atoms with E-state index in [-0.39, 0.29) is 0 Å². The number of nitrogens with one attached hydrogen (secondary N) is 3. The maximum Gasteiger partial charge on any atom is 0.159 e. The fourth-order valence-electron chi connectivity index (χ4n) is 3.81. The number of H-pyrrole nitrogens is 2. The zero-order chi connectivity index (χ0) is 21.8. The van der Waals surface area contributed by atoms with Crippen molar-refractivity contribution in [1.82, 2.24) is 25.5 Å². The lowest BCUT2D eigenvalue weighted by Crippen LogP contribution is -2.07. The molecule has 0 bridgehead atoms. The fourth-order valence-corrected chi connectivity index (χ4v) is 3.81. The summed E-state index contributed by atoms with van der Waals surface area (Å²) in [6, 6.07) is 13.6. The summed E-state index contributed by atoms with van der Waals surface area (Å²) in [5, 5.41) is 29.1. The van der Waals surface area contributed by atoms with Crippen molar-refractivity contribution in [2.45, 2.75) is 20.3 Å².